The predicted molar refractivity (Wildman–Crippen MR) is 268 cm³/mol. The summed E-state index contributed by atoms with van der Waals surface area (Å²) in [6, 6.07) is 10.1. The first-order chi connectivity index (χ1) is 35.3. The van der Waals surface area contributed by atoms with E-state index in [2.05, 4.69) is 26.1 Å². The molecule has 0 radical (unpaired) electrons. The van der Waals surface area contributed by atoms with Gasteiger partial charge in [0.1, 0.15) is 12.4 Å². The van der Waals surface area contributed by atoms with Crippen molar-refractivity contribution < 1.29 is 71.4 Å². The van der Waals surface area contributed by atoms with Gasteiger partial charge in [-0.25, -0.2) is 10.1 Å². The van der Waals surface area contributed by atoms with Gasteiger partial charge in [-0.3, -0.25) is 38.6 Å². The molecule has 23 heteroatoms. The minimum absolute atomic E-state index is 0.214. The van der Waals surface area contributed by atoms with Crippen molar-refractivity contribution >= 4 is 53.2 Å². The number of amidine groups is 1. The Bertz CT molecular complexity index is 1970. The third-order valence-electron chi connectivity index (χ3n) is 9.88. The lowest BCUT2D eigenvalue weighted by Crippen LogP contribution is -2.41. The highest BCUT2D eigenvalue weighted by Crippen LogP contribution is 2.31. The number of nitrogens with two attached hydrogens (primary N) is 1. The fourth-order valence-corrected chi connectivity index (χ4v) is 7.11. The number of hydroxylamine groups is 2. The summed E-state index contributed by atoms with van der Waals surface area (Å²) < 4.78 is 58.5. The van der Waals surface area contributed by atoms with Gasteiger partial charge in [-0.05, 0) is 55.1 Å². The number of aromatic nitrogens is 1. The van der Waals surface area contributed by atoms with Gasteiger partial charge < -0.3 is 58.4 Å². The maximum atomic E-state index is 13.2. The number of carbonyl (C=O) groups excluding carboxylic acids is 4. The highest BCUT2D eigenvalue weighted by Gasteiger charge is 2.25. The average molecular weight is 1030 g/mol. The van der Waals surface area contributed by atoms with Crippen LogP contribution in [0.3, 0.4) is 0 Å². The Hall–Kier alpha value is -4.73. The van der Waals surface area contributed by atoms with Crippen LogP contribution in [0.2, 0.25) is 0 Å². The lowest BCUT2D eigenvalue weighted by Gasteiger charge is -2.21. The molecule has 4 rings (SSSR count). The maximum Gasteiger partial charge on any atom is 0.273 e. The Labute approximate surface area is 426 Å². The first-order valence-electron chi connectivity index (χ1n) is 24.3. The minimum atomic E-state index is -0.496. The molecule has 72 heavy (non-hydrogen) atoms. The second-order valence-electron chi connectivity index (χ2n) is 15.5. The van der Waals surface area contributed by atoms with E-state index in [0.29, 0.717) is 168 Å². The molecule has 2 aromatic rings. The summed E-state index contributed by atoms with van der Waals surface area (Å²) in [6.07, 6.45) is 6.78. The van der Waals surface area contributed by atoms with Crippen molar-refractivity contribution in [1.29, 1.82) is 0 Å². The van der Waals surface area contributed by atoms with Crippen LogP contribution in [0, 0.1) is 0 Å². The van der Waals surface area contributed by atoms with Crippen molar-refractivity contribution in [1.82, 2.24) is 25.0 Å². The van der Waals surface area contributed by atoms with Gasteiger partial charge in [0, 0.05) is 60.4 Å². The van der Waals surface area contributed by atoms with E-state index in [1.807, 2.05) is 38.1 Å². The van der Waals surface area contributed by atoms with Crippen LogP contribution >= 0.6 is 11.9 Å². The number of fused-ring (bicyclic) bond motifs is 1. The summed E-state index contributed by atoms with van der Waals surface area (Å²) in [5.74, 6) is -1.32. The molecule has 0 spiro atoms. The zero-order valence-electron chi connectivity index (χ0n) is 41.7. The largest absolute Gasteiger partial charge is 0.387 e. The first kappa shape index (κ1) is 59.8. The molecule has 0 saturated carbocycles. The Morgan fingerprint density at radius 1 is 0.681 bits per heavy atom. The summed E-state index contributed by atoms with van der Waals surface area (Å²) in [7, 11) is 0. The summed E-state index contributed by atoms with van der Waals surface area (Å²) >= 11 is 1.52. The maximum absolute atomic E-state index is 13.2. The molecule has 0 aliphatic carbocycles. The van der Waals surface area contributed by atoms with Gasteiger partial charge in [0.25, 0.3) is 17.7 Å². The van der Waals surface area contributed by atoms with Crippen molar-refractivity contribution in [3.63, 3.8) is 0 Å². The number of aliphatic imine (C=N–C) groups is 1. The van der Waals surface area contributed by atoms with Gasteiger partial charge in [0.05, 0.1) is 150 Å². The smallest absolute Gasteiger partial charge is 0.273 e. The van der Waals surface area contributed by atoms with Gasteiger partial charge >= 0.3 is 0 Å². The molecular weight excluding hydrogens is 959 g/mol. The number of carbonyl (C=O) groups is 4. The van der Waals surface area contributed by atoms with Gasteiger partial charge in [0.2, 0.25) is 5.91 Å². The lowest BCUT2D eigenvalue weighted by atomic mass is 10.1. The molecule has 1 aromatic heterocycles. The van der Waals surface area contributed by atoms with E-state index in [0.717, 1.165) is 39.5 Å². The molecule has 2 aliphatic rings. The van der Waals surface area contributed by atoms with E-state index < -0.39 is 17.7 Å². The number of hydrogen-bond donors (Lipinski definition) is 3. The molecule has 0 atom stereocenters. The van der Waals surface area contributed by atoms with Crippen molar-refractivity contribution in [2.45, 2.75) is 31.6 Å². The third-order valence-corrected chi connectivity index (χ3v) is 10.7. The van der Waals surface area contributed by atoms with E-state index in [-0.39, 0.29) is 32.0 Å². The molecule has 4 N–H and O–H groups in total. The number of imide groups is 1. The molecule has 0 saturated heterocycles. The van der Waals surface area contributed by atoms with Crippen LogP contribution < -0.4 is 15.8 Å². The quantitative estimate of drug-likeness (QED) is 0.0374. The zero-order chi connectivity index (χ0) is 51.3. The lowest BCUT2D eigenvalue weighted by molar-refractivity contribution is -0.180. The van der Waals surface area contributed by atoms with E-state index >= 15 is 0 Å². The standard InChI is InChI=1S/C49H73N7O15S/c1-3-12-56(71-4-2)49(60)40-34-43-44(54-45(50)36-40)35-41(37-52-43)39-6-5-7-42(33-39)72-53-11-14-62-16-18-64-20-22-66-24-26-68-28-30-70-32-31-69-29-27-67-25-23-65-21-19-63-17-15-61-13-10-51-46(57)38-55-47(58)8-9-48(55)59/h5-9,33-35,37,53H,3-4,10-32,36,38H2,1-2H3,(H2,50,54)(H,51,57). The summed E-state index contributed by atoms with van der Waals surface area (Å²) in [4.78, 5) is 64.7. The third kappa shape index (κ3) is 25.3. The molecular formula is C49H73N7O15S. The van der Waals surface area contributed by atoms with Crippen LogP contribution in [0.4, 0.5) is 5.69 Å². The van der Waals surface area contributed by atoms with Crippen LogP contribution in [-0.4, -0.2) is 209 Å². The second kappa shape index (κ2) is 37.9. The Kier molecular flexibility index (Phi) is 31.5. The number of benzene rings is 1. The molecule has 2 aliphatic heterocycles. The van der Waals surface area contributed by atoms with Crippen LogP contribution in [0.15, 0.2) is 64.1 Å². The van der Waals surface area contributed by atoms with E-state index in [1.165, 1.54) is 17.0 Å². The minimum Gasteiger partial charge on any atom is -0.387 e. The van der Waals surface area contributed by atoms with Crippen LogP contribution in [-0.2, 0) is 71.4 Å². The van der Waals surface area contributed by atoms with E-state index in [4.69, 9.17) is 57.9 Å². The van der Waals surface area contributed by atoms with Crippen LogP contribution in [0.25, 0.3) is 17.2 Å². The van der Waals surface area contributed by atoms with Gasteiger partial charge in [-0.1, -0.05) is 19.1 Å². The van der Waals surface area contributed by atoms with Crippen molar-refractivity contribution in [2.24, 2.45) is 10.7 Å². The topological polar surface area (TPSA) is 252 Å². The van der Waals surface area contributed by atoms with Gasteiger partial charge in [-0.15, -0.1) is 0 Å². The molecule has 1 aromatic carbocycles. The average Bonchev–Trinajstić information content (AvgIpc) is 3.58. The van der Waals surface area contributed by atoms with Gasteiger partial charge in [-0.2, -0.15) is 0 Å². The van der Waals surface area contributed by atoms with E-state index in [9.17, 15) is 19.2 Å². The Morgan fingerprint density at radius 2 is 1.18 bits per heavy atom. The highest BCUT2D eigenvalue weighted by atomic mass is 32.2. The number of ether oxygens (including phenoxy) is 10. The second-order valence-corrected chi connectivity index (χ2v) is 16.5. The van der Waals surface area contributed by atoms with E-state index in [1.54, 1.807) is 12.3 Å². The Morgan fingerprint density at radius 3 is 1.68 bits per heavy atom. The van der Waals surface area contributed by atoms with Gasteiger partial charge in [0.15, 0.2) is 0 Å². The van der Waals surface area contributed by atoms with Crippen LogP contribution in [0.1, 0.15) is 32.4 Å². The first-order valence-corrected chi connectivity index (χ1v) is 25.2. The number of hydrogen-bond acceptors (Lipinski definition) is 20. The molecule has 3 heterocycles. The molecule has 0 unspecified atom stereocenters. The molecule has 22 nitrogen and oxygen atoms in total. The predicted octanol–water partition coefficient (Wildman–Crippen LogP) is 2.52. The summed E-state index contributed by atoms with van der Waals surface area (Å²) in [5, 5.41) is 3.97. The van der Waals surface area contributed by atoms with Crippen molar-refractivity contribution in [3.8, 4) is 11.1 Å². The molecule has 0 bridgehead atoms. The number of amides is 4. The molecule has 4 amide bonds. The molecule has 0 fully saturated rings. The number of nitrogens with one attached hydrogen (secondary N) is 2. The normalized spacial score (nSPS) is 13.3. The van der Waals surface area contributed by atoms with Crippen molar-refractivity contribution in [2.75, 3.05) is 165 Å². The van der Waals surface area contributed by atoms with Crippen LogP contribution in [0.5, 0.6) is 0 Å². The zero-order valence-corrected chi connectivity index (χ0v) is 42.5. The number of nitrogens with zero attached hydrogens (tertiary/aromatic N) is 4. The fourth-order valence-electron chi connectivity index (χ4n) is 6.43. The van der Waals surface area contributed by atoms with Crippen molar-refractivity contribution in [3.05, 3.63) is 59.9 Å². The summed E-state index contributed by atoms with van der Waals surface area (Å²) in [6.45, 7) is 14.2. The molecule has 400 valence electrons. The number of pyridine rings is 1. The fraction of sp³-hybridized carbons (Fsp3) is 0.592. The number of rotatable bonds is 43. The SMILES string of the molecule is CCCN(OCC)C(=O)C1=Cc2ncc(-c3cccc(SNCCOCCOCCOCCOCCOCCOCCOCCOCCOCCOCCNC(=O)CN4C(=O)C=CC4=O)c3)cc2N=C(N)C1. The highest BCUT2D eigenvalue weighted by molar-refractivity contribution is 7.97. The Balaban J connectivity index is 0.849. The summed E-state index contributed by atoms with van der Waals surface area (Å²) in [5.41, 5.74) is 9.79. The monoisotopic (exact) mass is 1030 g/mol.